The molecule has 0 amide bonds. The molecule has 1 aromatic heterocycles. The van der Waals surface area contributed by atoms with Crippen LogP contribution in [0.4, 0.5) is 5.69 Å². The lowest BCUT2D eigenvalue weighted by atomic mass is 10.2. The monoisotopic (exact) mass is 306 g/mol. The minimum atomic E-state index is 0.434. The third kappa shape index (κ3) is 3.65. The third-order valence-corrected chi connectivity index (χ3v) is 3.21. The largest absolute Gasteiger partial charge is 0.331 e. The fourth-order valence-corrected chi connectivity index (χ4v) is 2.16. The molecule has 108 valence electrons. The number of rotatable bonds is 3. The molecular weight excluding hydrogens is 292 g/mol. The number of hydrazone groups is 1. The van der Waals surface area contributed by atoms with Gasteiger partial charge in [0.25, 0.3) is 0 Å². The fourth-order valence-electron chi connectivity index (χ4n) is 1.99. The molecule has 5 heteroatoms. The van der Waals surface area contributed by atoms with E-state index in [2.05, 4.69) is 20.8 Å². The van der Waals surface area contributed by atoms with Gasteiger partial charge in [-0.3, -0.25) is 5.43 Å². The van der Waals surface area contributed by atoms with Gasteiger partial charge in [-0.2, -0.15) is 5.10 Å². The number of nitrogens with one attached hydrogen (secondary N) is 2. The first-order valence-corrected chi connectivity index (χ1v) is 7.23. The van der Waals surface area contributed by atoms with Gasteiger partial charge in [0.1, 0.15) is 0 Å². The van der Waals surface area contributed by atoms with Gasteiger partial charge in [-0.05, 0) is 36.5 Å². The highest BCUT2D eigenvalue weighted by molar-refractivity contribution is 7.80. The number of nitrogens with zero attached hydrogens (tertiary/aromatic N) is 2. The predicted octanol–water partition coefficient (Wildman–Crippen LogP) is 3.56. The summed E-state index contributed by atoms with van der Waals surface area (Å²) in [6.07, 6.45) is 1.64. The van der Waals surface area contributed by atoms with E-state index in [-0.39, 0.29) is 0 Å². The van der Waals surface area contributed by atoms with Crippen LogP contribution in [-0.2, 0) is 0 Å². The molecule has 22 heavy (non-hydrogen) atoms. The fraction of sp³-hybridized carbons (Fsp3) is 0. The Bertz CT molecular complexity index is 815. The van der Waals surface area contributed by atoms with Gasteiger partial charge in [0.2, 0.25) is 0 Å². The zero-order valence-corrected chi connectivity index (χ0v) is 12.5. The number of anilines is 1. The average Bonchev–Trinajstić information content (AvgIpc) is 2.55. The van der Waals surface area contributed by atoms with Gasteiger partial charge in [0.15, 0.2) is 5.11 Å². The molecule has 0 aliphatic heterocycles. The number of fused-ring (bicyclic) bond motifs is 1. The van der Waals surface area contributed by atoms with Crippen LogP contribution in [0.3, 0.4) is 0 Å². The van der Waals surface area contributed by atoms with Crippen LogP contribution in [0.15, 0.2) is 71.8 Å². The Morgan fingerprint density at radius 3 is 2.59 bits per heavy atom. The first-order chi connectivity index (χ1) is 10.8. The molecule has 4 nitrogen and oxygen atoms in total. The van der Waals surface area contributed by atoms with E-state index in [1.54, 1.807) is 6.21 Å². The zero-order chi connectivity index (χ0) is 15.2. The van der Waals surface area contributed by atoms with Crippen molar-refractivity contribution in [2.45, 2.75) is 0 Å². The maximum Gasteiger partial charge on any atom is 0.191 e. The molecule has 0 aliphatic rings. The topological polar surface area (TPSA) is 49.3 Å². The summed E-state index contributed by atoms with van der Waals surface area (Å²) in [5.74, 6) is 0. The number of hydrogen-bond acceptors (Lipinski definition) is 3. The first-order valence-electron chi connectivity index (χ1n) is 6.82. The van der Waals surface area contributed by atoms with Crippen LogP contribution < -0.4 is 10.7 Å². The van der Waals surface area contributed by atoms with Crippen molar-refractivity contribution in [1.29, 1.82) is 0 Å². The molecule has 0 radical (unpaired) electrons. The summed E-state index contributed by atoms with van der Waals surface area (Å²) in [5.41, 5.74) is 5.41. The number of benzene rings is 2. The summed E-state index contributed by atoms with van der Waals surface area (Å²) < 4.78 is 0. The first kappa shape index (κ1) is 14.2. The smallest absolute Gasteiger partial charge is 0.191 e. The van der Waals surface area contributed by atoms with E-state index >= 15 is 0 Å². The predicted molar refractivity (Wildman–Crippen MR) is 95.1 cm³/mol. The van der Waals surface area contributed by atoms with E-state index in [9.17, 15) is 0 Å². The molecule has 0 fully saturated rings. The standard InChI is InChI=1S/C17H14N4S/c22-17(20-14-7-2-1-3-8-14)21-18-12-15-11-10-13-6-4-5-9-16(13)19-15/h1-12H,(H2,20,21,22)/b18-12+. The Labute approximate surface area is 133 Å². The number of hydrogen-bond donors (Lipinski definition) is 2. The van der Waals surface area contributed by atoms with E-state index in [4.69, 9.17) is 12.2 Å². The Hall–Kier alpha value is -2.79. The highest BCUT2D eigenvalue weighted by Crippen LogP contribution is 2.10. The van der Waals surface area contributed by atoms with Gasteiger partial charge in [-0.1, -0.05) is 42.5 Å². The molecule has 0 spiro atoms. The summed E-state index contributed by atoms with van der Waals surface area (Å²) in [6, 6.07) is 21.6. The van der Waals surface area contributed by atoms with Crippen molar-refractivity contribution in [3.63, 3.8) is 0 Å². The van der Waals surface area contributed by atoms with Gasteiger partial charge in [-0.15, -0.1) is 0 Å². The molecule has 2 N–H and O–H groups in total. The van der Waals surface area contributed by atoms with E-state index in [0.717, 1.165) is 22.3 Å². The molecule has 1 heterocycles. The van der Waals surface area contributed by atoms with Crippen molar-refractivity contribution in [3.8, 4) is 0 Å². The Morgan fingerprint density at radius 1 is 0.955 bits per heavy atom. The van der Waals surface area contributed by atoms with Crippen molar-refractivity contribution < 1.29 is 0 Å². The summed E-state index contributed by atoms with van der Waals surface area (Å²) in [6.45, 7) is 0. The van der Waals surface area contributed by atoms with Crippen LogP contribution in [0.2, 0.25) is 0 Å². The van der Waals surface area contributed by atoms with Crippen molar-refractivity contribution in [2.75, 3.05) is 5.32 Å². The molecule has 0 bridgehead atoms. The van der Waals surface area contributed by atoms with Crippen LogP contribution in [0.1, 0.15) is 5.69 Å². The Morgan fingerprint density at radius 2 is 1.73 bits per heavy atom. The van der Waals surface area contributed by atoms with Gasteiger partial charge in [-0.25, -0.2) is 4.98 Å². The van der Waals surface area contributed by atoms with Gasteiger partial charge >= 0.3 is 0 Å². The lowest BCUT2D eigenvalue weighted by molar-refractivity contribution is 1.05. The summed E-state index contributed by atoms with van der Waals surface area (Å²) >= 11 is 5.17. The zero-order valence-electron chi connectivity index (χ0n) is 11.7. The Balaban J connectivity index is 1.62. The molecule has 3 rings (SSSR count). The molecule has 0 unspecified atom stereocenters. The lowest BCUT2D eigenvalue weighted by Gasteiger charge is -2.06. The second-order valence-corrected chi connectivity index (χ2v) is 5.03. The van der Waals surface area contributed by atoms with Crippen LogP contribution in [0.5, 0.6) is 0 Å². The van der Waals surface area contributed by atoms with E-state index in [1.165, 1.54) is 0 Å². The summed E-state index contributed by atoms with van der Waals surface area (Å²) in [5, 5.41) is 8.69. The summed E-state index contributed by atoms with van der Waals surface area (Å²) in [4.78, 5) is 4.50. The molecule has 2 aromatic carbocycles. The van der Waals surface area contributed by atoms with Crippen molar-refractivity contribution >= 4 is 40.1 Å². The normalized spacial score (nSPS) is 10.7. The molecule has 0 saturated heterocycles. The summed E-state index contributed by atoms with van der Waals surface area (Å²) in [7, 11) is 0. The lowest BCUT2D eigenvalue weighted by Crippen LogP contribution is -2.23. The maximum absolute atomic E-state index is 5.17. The molecule has 0 atom stereocenters. The van der Waals surface area contributed by atoms with Crippen LogP contribution in [0, 0.1) is 0 Å². The highest BCUT2D eigenvalue weighted by atomic mass is 32.1. The minimum absolute atomic E-state index is 0.434. The van der Waals surface area contributed by atoms with Gasteiger partial charge < -0.3 is 5.32 Å². The van der Waals surface area contributed by atoms with Crippen LogP contribution in [0.25, 0.3) is 10.9 Å². The van der Waals surface area contributed by atoms with E-state index in [1.807, 2.05) is 66.7 Å². The quantitative estimate of drug-likeness (QED) is 0.441. The van der Waals surface area contributed by atoms with Crippen LogP contribution >= 0.6 is 12.2 Å². The highest BCUT2D eigenvalue weighted by Gasteiger charge is 1.96. The number of para-hydroxylation sites is 2. The van der Waals surface area contributed by atoms with E-state index < -0.39 is 0 Å². The average molecular weight is 306 g/mol. The van der Waals surface area contributed by atoms with Crippen LogP contribution in [-0.4, -0.2) is 16.3 Å². The van der Waals surface area contributed by atoms with Gasteiger partial charge in [0, 0.05) is 11.1 Å². The van der Waals surface area contributed by atoms with Crippen molar-refractivity contribution in [3.05, 3.63) is 72.4 Å². The molecule has 0 saturated carbocycles. The van der Waals surface area contributed by atoms with Crippen molar-refractivity contribution in [2.24, 2.45) is 5.10 Å². The molecule has 3 aromatic rings. The minimum Gasteiger partial charge on any atom is -0.331 e. The SMILES string of the molecule is S=C(N/N=C/c1ccc2ccccc2n1)Nc1ccccc1. The molecule has 0 aliphatic carbocycles. The third-order valence-electron chi connectivity index (χ3n) is 3.01. The van der Waals surface area contributed by atoms with Gasteiger partial charge in [0.05, 0.1) is 17.4 Å². The van der Waals surface area contributed by atoms with E-state index in [0.29, 0.717) is 5.11 Å². The number of aromatic nitrogens is 1. The van der Waals surface area contributed by atoms with Crippen molar-refractivity contribution in [1.82, 2.24) is 10.4 Å². The second-order valence-electron chi connectivity index (χ2n) is 4.62. The maximum atomic E-state index is 5.17. The number of pyridine rings is 1. The second kappa shape index (κ2) is 6.78. The molecular formula is C17H14N4S. The number of thiocarbonyl (C=S) groups is 1. The Kier molecular flexibility index (Phi) is 4.36.